The van der Waals surface area contributed by atoms with E-state index >= 15 is 0 Å². The maximum absolute atomic E-state index is 14.0. The van der Waals surface area contributed by atoms with Crippen molar-refractivity contribution in [3.63, 3.8) is 0 Å². The number of phenols is 1. The highest BCUT2D eigenvalue weighted by Crippen LogP contribution is 2.55. The fourth-order valence-electron chi connectivity index (χ4n) is 7.84. The fourth-order valence-corrected chi connectivity index (χ4v) is 7.84. The van der Waals surface area contributed by atoms with Gasteiger partial charge >= 0.3 is 0 Å². The Bertz CT molecular complexity index is 1430. The predicted molar refractivity (Wildman–Crippen MR) is 147 cm³/mol. The molecular weight excluding hydrogens is 530 g/mol. The summed E-state index contributed by atoms with van der Waals surface area (Å²) in [6.45, 7) is 1.95. The quantitative estimate of drug-likeness (QED) is 0.317. The van der Waals surface area contributed by atoms with E-state index in [4.69, 9.17) is 10.5 Å². The van der Waals surface area contributed by atoms with Crippen LogP contribution in [0.2, 0.25) is 0 Å². The number of fused-ring (bicyclic) bond motifs is 3. The molecule has 2 saturated carbocycles. The summed E-state index contributed by atoms with van der Waals surface area (Å²) in [6, 6.07) is 0.527. The molecule has 6 rings (SSSR count). The highest BCUT2D eigenvalue weighted by atomic mass is 16.5. The maximum Gasteiger partial charge on any atom is 0.255 e. The normalized spacial score (nSPS) is 31.8. The number of ketones is 2. The number of ether oxygens (including phenoxy) is 1. The SMILES string of the molecule is COc1c(C2CCCN2CC2CC2)cc(O)c2c1C[C@H]1C[C@H]3[C@H](N(C)C)C(=O)C(C(N)=O)=C(O)[C@@]3(O)C(=O)C1=C2O. The van der Waals surface area contributed by atoms with Gasteiger partial charge in [-0.05, 0) is 77.1 Å². The van der Waals surface area contributed by atoms with Crippen LogP contribution in [0.1, 0.15) is 54.8 Å². The molecule has 11 heteroatoms. The Kier molecular flexibility index (Phi) is 6.48. The summed E-state index contributed by atoms with van der Waals surface area (Å²) >= 11 is 0. The van der Waals surface area contributed by atoms with Gasteiger partial charge < -0.3 is 30.9 Å². The van der Waals surface area contributed by atoms with E-state index in [0.29, 0.717) is 17.2 Å². The van der Waals surface area contributed by atoms with Crippen LogP contribution in [-0.4, -0.2) is 93.6 Å². The molecule has 0 aromatic heterocycles. The van der Waals surface area contributed by atoms with Crippen LogP contribution in [0, 0.1) is 17.8 Å². The number of benzene rings is 1. The third-order valence-corrected chi connectivity index (χ3v) is 9.82. The molecule has 41 heavy (non-hydrogen) atoms. The standard InChI is InChI=1S/C30H37N3O8/c1-32(2)23-17-10-14-9-16-21(24(35)20(14)27(37)30(17,40)28(38)22(25(23)36)29(31)39)19(34)11-15(26(16)41-3)18-5-4-8-33(18)12-13-6-7-13/h11,13-14,17-18,23,34-35,38,40H,4-10,12H2,1-3H3,(H2,31,39)/t14-,17-,18?,23-,30-/m0/s1. The first-order valence-corrected chi connectivity index (χ1v) is 14.2. The summed E-state index contributed by atoms with van der Waals surface area (Å²) in [4.78, 5) is 43.4. The number of methoxy groups -OCH3 is 1. The number of hydrogen-bond acceptors (Lipinski definition) is 10. The highest BCUT2D eigenvalue weighted by molar-refractivity contribution is 6.24. The van der Waals surface area contributed by atoms with E-state index in [1.807, 2.05) is 0 Å². The van der Waals surface area contributed by atoms with Gasteiger partial charge in [0.15, 0.2) is 11.4 Å². The molecule has 1 aliphatic heterocycles. The zero-order valence-electron chi connectivity index (χ0n) is 23.5. The second kappa shape index (κ2) is 9.57. The van der Waals surface area contributed by atoms with Crippen LogP contribution in [0.25, 0.3) is 5.76 Å². The summed E-state index contributed by atoms with van der Waals surface area (Å²) < 4.78 is 5.93. The number of carbonyl (C=O) groups excluding carboxylic acids is 3. The molecule has 1 unspecified atom stereocenters. The summed E-state index contributed by atoms with van der Waals surface area (Å²) in [5.41, 5.74) is 3.18. The smallest absolute Gasteiger partial charge is 0.255 e. The third kappa shape index (κ3) is 3.93. The lowest BCUT2D eigenvalue weighted by atomic mass is 9.57. The van der Waals surface area contributed by atoms with Crippen molar-refractivity contribution in [3.05, 3.63) is 39.7 Å². The van der Waals surface area contributed by atoms with E-state index < -0.39 is 58.0 Å². The lowest BCUT2D eigenvalue weighted by Gasteiger charge is -2.50. The number of hydrogen-bond donors (Lipinski definition) is 5. The average molecular weight is 568 g/mol. The molecule has 6 N–H and O–H groups in total. The summed E-state index contributed by atoms with van der Waals surface area (Å²) in [7, 11) is 4.71. The van der Waals surface area contributed by atoms with Crippen molar-refractivity contribution >= 4 is 23.2 Å². The van der Waals surface area contributed by atoms with Crippen LogP contribution in [0.5, 0.6) is 11.5 Å². The van der Waals surface area contributed by atoms with Crippen molar-refractivity contribution in [3.8, 4) is 11.5 Å². The number of Topliss-reactive ketones (excluding diaryl/α,β-unsaturated/α-hetero) is 2. The monoisotopic (exact) mass is 567 g/mol. The van der Waals surface area contributed by atoms with Crippen molar-refractivity contribution in [1.82, 2.24) is 9.80 Å². The van der Waals surface area contributed by atoms with Crippen LogP contribution in [0.3, 0.4) is 0 Å². The van der Waals surface area contributed by atoms with Crippen molar-refractivity contribution in [2.24, 2.45) is 23.5 Å². The van der Waals surface area contributed by atoms with Crippen LogP contribution in [0.15, 0.2) is 23.0 Å². The second-order valence-corrected chi connectivity index (χ2v) is 12.4. The Morgan fingerprint density at radius 3 is 2.51 bits per heavy atom. The Balaban J connectivity index is 1.49. The number of aromatic hydroxyl groups is 1. The molecule has 1 heterocycles. The second-order valence-electron chi connectivity index (χ2n) is 12.4. The summed E-state index contributed by atoms with van der Waals surface area (Å²) in [5.74, 6) is -5.39. The number of amides is 1. The molecule has 0 spiro atoms. The average Bonchev–Trinajstić information content (AvgIpc) is 3.60. The molecule has 1 aromatic rings. The van der Waals surface area contributed by atoms with Gasteiger partial charge in [0, 0.05) is 35.2 Å². The molecule has 4 aliphatic carbocycles. The van der Waals surface area contributed by atoms with Gasteiger partial charge in [-0.3, -0.25) is 24.2 Å². The minimum absolute atomic E-state index is 0.0388. The molecular formula is C30H37N3O8. The molecule has 1 amide bonds. The molecule has 3 fully saturated rings. The number of likely N-dealkylation sites (tertiary alicyclic amines) is 1. The van der Waals surface area contributed by atoms with E-state index in [-0.39, 0.29) is 35.8 Å². The number of nitrogens with zero attached hydrogens (tertiary/aromatic N) is 2. The molecule has 5 aliphatic rings. The maximum atomic E-state index is 14.0. The third-order valence-electron chi connectivity index (χ3n) is 9.82. The topological polar surface area (TPSA) is 174 Å². The van der Waals surface area contributed by atoms with Crippen molar-refractivity contribution in [2.45, 2.75) is 56.2 Å². The van der Waals surface area contributed by atoms with E-state index in [1.54, 1.807) is 27.3 Å². The molecule has 0 bridgehead atoms. The van der Waals surface area contributed by atoms with E-state index in [9.17, 15) is 34.8 Å². The first-order valence-electron chi connectivity index (χ1n) is 14.2. The Morgan fingerprint density at radius 1 is 1.20 bits per heavy atom. The lowest BCUT2D eigenvalue weighted by Crippen LogP contribution is -2.65. The van der Waals surface area contributed by atoms with Gasteiger partial charge in [-0.25, -0.2) is 0 Å². The minimum atomic E-state index is -2.66. The van der Waals surface area contributed by atoms with Crippen LogP contribution >= 0.6 is 0 Å². The highest BCUT2D eigenvalue weighted by Gasteiger charge is 2.64. The van der Waals surface area contributed by atoms with E-state index in [2.05, 4.69) is 4.90 Å². The molecule has 5 atom stereocenters. The van der Waals surface area contributed by atoms with Gasteiger partial charge in [-0.2, -0.15) is 0 Å². The van der Waals surface area contributed by atoms with Gasteiger partial charge in [0.05, 0.1) is 18.7 Å². The van der Waals surface area contributed by atoms with Crippen LogP contribution < -0.4 is 10.5 Å². The zero-order valence-corrected chi connectivity index (χ0v) is 23.5. The van der Waals surface area contributed by atoms with Crippen molar-refractivity contribution in [1.29, 1.82) is 0 Å². The first kappa shape index (κ1) is 27.7. The van der Waals surface area contributed by atoms with Gasteiger partial charge in [0.25, 0.3) is 5.91 Å². The largest absolute Gasteiger partial charge is 0.508 e. The molecule has 11 nitrogen and oxygen atoms in total. The number of aliphatic hydroxyl groups excluding tert-OH is 2. The van der Waals surface area contributed by atoms with Crippen molar-refractivity contribution < 1.29 is 39.5 Å². The summed E-state index contributed by atoms with van der Waals surface area (Å²) in [5, 5.41) is 45.5. The number of carbonyl (C=O) groups is 3. The molecule has 1 aromatic carbocycles. The summed E-state index contributed by atoms with van der Waals surface area (Å²) in [6.07, 6.45) is 4.62. The lowest BCUT2D eigenvalue weighted by molar-refractivity contribution is -0.153. The number of likely N-dealkylation sites (N-methyl/N-ethyl adjacent to an activating group) is 1. The van der Waals surface area contributed by atoms with Crippen LogP contribution in [-0.2, 0) is 20.8 Å². The minimum Gasteiger partial charge on any atom is -0.508 e. The number of rotatable bonds is 6. The predicted octanol–water partition coefficient (Wildman–Crippen LogP) is 1.52. The van der Waals surface area contributed by atoms with Gasteiger partial charge in [0.1, 0.15) is 28.6 Å². The number of aliphatic hydroxyl groups is 3. The number of phenolic OH excluding ortho intramolecular Hbond substituents is 1. The molecule has 1 saturated heterocycles. The van der Waals surface area contributed by atoms with Gasteiger partial charge in [-0.15, -0.1) is 0 Å². The Labute approximate surface area is 237 Å². The Hall–Kier alpha value is -3.41. The molecule has 0 radical (unpaired) electrons. The van der Waals surface area contributed by atoms with E-state index in [0.717, 1.165) is 31.5 Å². The number of primary amides is 1. The van der Waals surface area contributed by atoms with E-state index in [1.165, 1.54) is 17.7 Å². The van der Waals surface area contributed by atoms with Gasteiger partial charge in [-0.1, -0.05) is 0 Å². The molecule has 220 valence electrons. The number of nitrogens with two attached hydrogens (primary N) is 1. The first-order chi connectivity index (χ1) is 19.4. The van der Waals surface area contributed by atoms with Gasteiger partial charge in [0.2, 0.25) is 5.78 Å². The zero-order chi connectivity index (χ0) is 29.5. The van der Waals surface area contributed by atoms with Crippen molar-refractivity contribution in [2.75, 3.05) is 34.3 Å². The fraction of sp³-hybridized carbons (Fsp3) is 0.567. The van der Waals surface area contributed by atoms with Crippen LogP contribution in [0.4, 0.5) is 0 Å². The Morgan fingerprint density at radius 2 is 1.90 bits per heavy atom.